The summed E-state index contributed by atoms with van der Waals surface area (Å²) in [6.45, 7) is 3.77. The minimum atomic E-state index is -0.181. The largest absolute Gasteiger partial charge is 0.369 e. The molecule has 4 nitrogen and oxygen atoms in total. The lowest BCUT2D eigenvalue weighted by atomic mass is 9.92. The monoisotopic (exact) mass is 311 g/mol. The third kappa shape index (κ3) is 3.29. The third-order valence-electron chi connectivity index (χ3n) is 3.56. The number of amides is 1. The summed E-state index contributed by atoms with van der Waals surface area (Å²) in [6.07, 6.45) is 5.57. The molecule has 1 aliphatic rings. The molecule has 1 amide bonds. The van der Waals surface area contributed by atoms with Crippen LogP contribution in [0, 0.1) is 5.92 Å². The Bertz CT molecular complexity index is 438. The Morgan fingerprint density at radius 3 is 3.00 bits per heavy atom. The Morgan fingerprint density at radius 1 is 1.56 bits per heavy atom. The molecule has 1 aromatic heterocycles. The summed E-state index contributed by atoms with van der Waals surface area (Å²) in [7, 11) is 0. The van der Waals surface area contributed by atoms with E-state index in [0.29, 0.717) is 6.04 Å². The van der Waals surface area contributed by atoms with Crippen molar-refractivity contribution in [2.45, 2.75) is 32.4 Å². The summed E-state index contributed by atoms with van der Waals surface area (Å²) < 4.78 is 0.983. The Balaban J connectivity index is 2.04. The van der Waals surface area contributed by atoms with E-state index >= 15 is 0 Å². The summed E-state index contributed by atoms with van der Waals surface area (Å²) >= 11 is 3.42. The average Bonchev–Trinajstić information content (AvgIpc) is 2.31. The zero-order valence-electron chi connectivity index (χ0n) is 10.5. The van der Waals surface area contributed by atoms with Gasteiger partial charge < -0.3 is 5.73 Å². The highest BCUT2D eigenvalue weighted by Crippen LogP contribution is 2.23. The van der Waals surface area contributed by atoms with Gasteiger partial charge in [-0.1, -0.05) is 0 Å². The number of aromatic nitrogens is 1. The predicted octanol–water partition coefficient (Wildman–Crippen LogP) is 1.93. The van der Waals surface area contributed by atoms with Gasteiger partial charge in [0.25, 0.3) is 0 Å². The van der Waals surface area contributed by atoms with E-state index in [0.717, 1.165) is 36.0 Å². The molecule has 2 unspecified atom stereocenters. The number of likely N-dealkylation sites (tertiary alicyclic amines) is 1. The minimum absolute atomic E-state index is 0.0127. The van der Waals surface area contributed by atoms with E-state index in [-0.39, 0.29) is 11.8 Å². The first kappa shape index (κ1) is 13.5. The van der Waals surface area contributed by atoms with Gasteiger partial charge in [-0.2, -0.15) is 0 Å². The zero-order chi connectivity index (χ0) is 13.1. The van der Waals surface area contributed by atoms with Crippen LogP contribution in [-0.4, -0.2) is 28.4 Å². The predicted molar refractivity (Wildman–Crippen MR) is 73.7 cm³/mol. The number of primary amides is 1. The Morgan fingerprint density at radius 2 is 2.33 bits per heavy atom. The van der Waals surface area contributed by atoms with Gasteiger partial charge in [0.1, 0.15) is 0 Å². The molecule has 0 radical (unpaired) electrons. The summed E-state index contributed by atoms with van der Waals surface area (Å²) in [6, 6.07) is 2.55. The SMILES string of the molecule is CC1CCC(C(N)=O)CN1Cc1cncc(Br)c1. The number of hydrogen-bond donors (Lipinski definition) is 1. The van der Waals surface area contributed by atoms with Crippen molar-refractivity contribution in [1.29, 1.82) is 0 Å². The number of carbonyl (C=O) groups is 1. The maximum atomic E-state index is 11.3. The van der Waals surface area contributed by atoms with Gasteiger partial charge in [0.15, 0.2) is 0 Å². The number of pyridine rings is 1. The molecule has 0 saturated carbocycles. The fraction of sp³-hybridized carbons (Fsp3) is 0.538. The van der Waals surface area contributed by atoms with Gasteiger partial charge in [-0.25, -0.2) is 0 Å². The first-order valence-corrected chi connectivity index (χ1v) is 6.98. The lowest BCUT2D eigenvalue weighted by Crippen LogP contribution is -2.45. The van der Waals surface area contributed by atoms with Gasteiger partial charge in [0, 0.05) is 36.0 Å². The van der Waals surface area contributed by atoms with Crippen LogP contribution in [0.3, 0.4) is 0 Å². The Kier molecular flexibility index (Phi) is 4.35. The first-order valence-electron chi connectivity index (χ1n) is 6.19. The average molecular weight is 312 g/mol. The van der Waals surface area contributed by atoms with Crippen LogP contribution in [0.15, 0.2) is 22.9 Å². The topological polar surface area (TPSA) is 59.2 Å². The number of hydrogen-bond acceptors (Lipinski definition) is 3. The lowest BCUT2D eigenvalue weighted by Gasteiger charge is -2.36. The van der Waals surface area contributed by atoms with Crippen LogP contribution in [-0.2, 0) is 11.3 Å². The van der Waals surface area contributed by atoms with E-state index in [1.54, 1.807) is 6.20 Å². The fourth-order valence-corrected chi connectivity index (χ4v) is 2.82. The number of halogens is 1. The van der Waals surface area contributed by atoms with E-state index < -0.39 is 0 Å². The zero-order valence-corrected chi connectivity index (χ0v) is 12.1. The molecule has 0 bridgehead atoms. The van der Waals surface area contributed by atoms with Gasteiger partial charge in [-0.3, -0.25) is 14.7 Å². The van der Waals surface area contributed by atoms with E-state index in [2.05, 4.69) is 38.8 Å². The molecule has 98 valence electrons. The van der Waals surface area contributed by atoms with Gasteiger partial charge >= 0.3 is 0 Å². The molecule has 1 aliphatic heterocycles. The molecule has 18 heavy (non-hydrogen) atoms. The number of carbonyl (C=O) groups excluding carboxylic acids is 1. The van der Waals surface area contributed by atoms with E-state index in [1.165, 1.54) is 0 Å². The molecule has 2 N–H and O–H groups in total. The summed E-state index contributed by atoms with van der Waals surface area (Å²) in [5, 5.41) is 0. The lowest BCUT2D eigenvalue weighted by molar-refractivity contribution is -0.124. The smallest absolute Gasteiger partial charge is 0.221 e. The molecule has 0 aliphatic carbocycles. The molecule has 1 saturated heterocycles. The summed E-state index contributed by atoms with van der Waals surface area (Å²) in [5.74, 6) is -0.194. The van der Waals surface area contributed by atoms with Gasteiger partial charge in [-0.15, -0.1) is 0 Å². The van der Waals surface area contributed by atoms with Crippen molar-refractivity contribution < 1.29 is 4.79 Å². The molecule has 2 heterocycles. The number of rotatable bonds is 3. The standard InChI is InChI=1S/C13H18BrN3O/c1-9-2-3-11(13(15)18)8-17(9)7-10-4-12(14)6-16-5-10/h4-6,9,11H,2-3,7-8H2,1H3,(H2,15,18). The maximum absolute atomic E-state index is 11.3. The molecule has 2 rings (SSSR count). The van der Waals surface area contributed by atoms with Crippen molar-refractivity contribution in [3.63, 3.8) is 0 Å². The Hall–Kier alpha value is -0.940. The fourth-order valence-electron chi connectivity index (χ4n) is 2.41. The first-order chi connectivity index (χ1) is 8.56. The second-order valence-corrected chi connectivity index (χ2v) is 5.88. The van der Waals surface area contributed by atoms with E-state index in [4.69, 9.17) is 5.73 Å². The van der Waals surface area contributed by atoms with Crippen molar-refractivity contribution in [2.75, 3.05) is 6.54 Å². The van der Waals surface area contributed by atoms with Crippen molar-refractivity contribution in [3.05, 3.63) is 28.5 Å². The molecule has 1 aromatic rings. The van der Waals surface area contributed by atoms with Gasteiger partial charge in [-0.05, 0) is 47.3 Å². The normalized spacial score (nSPS) is 25.0. The number of piperidine rings is 1. The van der Waals surface area contributed by atoms with Crippen molar-refractivity contribution in [1.82, 2.24) is 9.88 Å². The van der Waals surface area contributed by atoms with Crippen LogP contribution in [0.1, 0.15) is 25.3 Å². The number of nitrogens with two attached hydrogens (primary N) is 1. The van der Waals surface area contributed by atoms with E-state index in [9.17, 15) is 4.79 Å². The molecule has 0 aromatic carbocycles. The summed E-state index contributed by atoms with van der Waals surface area (Å²) in [4.78, 5) is 17.8. The van der Waals surface area contributed by atoms with Crippen molar-refractivity contribution in [2.24, 2.45) is 11.7 Å². The molecule has 1 fully saturated rings. The highest BCUT2D eigenvalue weighted by Gasteiger charge is 2.28. The quantitative estimate of drug-likeness (QED) is 0.928. The summed E-state index contributed by atoms with van der Waals surface area (Å²) in [5.41, 5.74) is 6.56. The van der Waals surface area contributed by atoms with Gasteiger partial charge in [0.2, 0.25) is 5.91 Å². The van der Waals surface area contributed by atoms with E-state index in [1.807, 2.05) is 6.20 Å². The minimum Gasteiger partial charge on any atom is -0.369 e. The van der Waals surface area contributed by atoms with Gasteiger partial charge in [0.05, 0.1) is 5.92 Å². The van der Waals surface area contributed by atoms with Crippen LogP contribution >= 0.6 is 15.9 Å². The van der Waals surface area contributed by atoms with Crippen LogP contribution < -0.4 is 5.73 Å². The van der Waals surface area contributed by atoms with Crippen LogP contribution in [0.4, 0.5) is 0 Å². The maximum Gasteiger partial charge on any atom is 0.221 e. The third-order valence-corrected chi connectivity index (χ3v) is 3.99. The Labute approximate surface area is 116 Å². The van der Waals surface area contributed by atoms with Crippen molar-refractivity contribution in [3.8, 4) is 0 Å². The molecule has 0 spiro atoms. The van der Waals surface area contributed by atoms with Crippen LogP contribution in [0.2, 0.25) is 0 Å². The molecular formula is C13H18BrN3O. The molecule has 5 heteroatoms. The van der Waals surface area contributed by atoms with Crippen molar-refractivity contribution >= 4 is 21.8 Å². The van der Waals surface area contributed by atoms with Crippen LogP contribution in [0.5, 0.6) is 0 Å². The molecular weight excluding hydrogens is 294 g/mol. The van der Waals surface area contributed by atoms with Crippen LogP contribution in [0.25, 0.3) is 0 Å². The second-order valence-electron chi connectivity index (χ2n) is 4.97. The number of nitrogens with zero attached hydrogens (tertiary/aromatic N) is 2. The molecule has 2 atom stereocenters. The highest BCUT2D eigenvalue weighted by molar-refractivity contribution is 9.10. The second kappa shape index (κ2) is 5.80. The highest BCUT2D eigenvalue weighted by atomic mass is 79.9.